The summed E-state index contributed by atoms with van der Waals surface area (Å²) in [6.45, 7) is 0. The molecule has 0 saturated carbocycles. The molecule has 4 rings (SSSR count). The van der Waals surface area contributed by atoms with Crippen LogP contribution in [0.3, 0.4) is 0 Å². The quantitative estimate of drug-likeness (QED) is 0.450. The number of benzene rings is 1. The lowest BCUT2D eigenvalue weighted by molar-refractivity contribution is 0.0972. The van der Waals surface area contributed by atoms with Gasteiger partial charge in [0.2, 0.25) is 0 Å². The maximum Gasteiger partial charge on any atom is 0.269 e. The number of thiophene rings is 3. The van der Waals surface area contributed by atoms with Crippen molar-refractivity contribution in [2.24, 2.45) is 0 Å². The maximum absolute atomic E-state index is 12.7. The first-order valence-electron chi connectivity index (χ1n) is 8.06. The van der Waals surface area contributed by atoms with E-state index in [4.69, 9.17) is 4.74 Å². The molecule has 7 heteroatoms. The minimum atomic E-state index is -0.329. The Morgan fingerprint density at radius 2 is 1.96 bits per heavy atom. The van der Waals surface area contributed by atoms with Gasteiger partial charge in [-0.15, -0.1) is 34.0 Å². The zero-order chi connectivity index (χ0) is 18.8. The minimum Gasteiger partial charge on any atom is -0.505 e. The van der Waals surface area contributed by atoms with Gasteiger partial charge >= 0.3 is 0 Å². The summed E-state index contributed by atoms with van der Waals surface area (Å²) < 4.78 is 7.14. The van der Waals surface area contributed by atoms with Gasteiger partial charge in [0.15, 0.2) is 5.75 Å². The summed E-state index contributed by atoms with van der Waals surface area (Å²) >= 11 is 4.30. The number of aromatic hydroxyl groups is 1. The van der Waals surface area contributed by atoms with Gasteiger partial charge in [-0.05, 0) is 29.0 Å². The van der Waals surface area contributed by atoms with Gasteiger partial charge < -0.3 is 15.2 Å². The van der Waals surface area contributed by atoms with Crippen molar-refractivity contribution in [2.75, 3.05) is 7.11 Å². The molecule has 0 saturated heterocycles. The second-order valence-electron chi connectivity index (χ2n) is 5.60. The van der Waals surface area contributed by atoms with Crippen LogP contribution in [0.25, 0.3) is 15.0 Å². The molecule has 0 spiro atoms. The largest absolute Gasteiger partial charge is 0.505 e. The highest BCUT2D eigenvalue weighted by Gasteiger charge is 2.19. The summed E-state index contributed by atoms with van der Waals surface area (Å²) in [5.74, 6) is 0.446. The summed E-state index contributed by atoms with van der Waals surface area (Å²) in [6, 6.07) is 13.5. The standard InChI is InChI=1S/C20H15NO3S3/c1-24-14-6-3-2-5-12(14)13(15-7-4-9-25-15)11-21-20(23)19-17(22)18-16(27-19)8-10-26-18/h2-11,22H,1H3,(H,21,23). The summed E-state index contributed by atoms with van der Waals surface area (Å²) in [4.78, 5) is 14.0. The molecule has 0 aliphatic heterocycles. The van der Waals surface area contributed by atoms with Gasteiger partial charge in [-0.3, -0.25) is 4.79 Å². The third-order valence-corrected chi connectivity index (χ3v) is 7.11. The van der Waals surface area contributed by atoms with E-state index in [-0.39, 0.29) is 11.7 Å². The fraction of sp³-hybridized carbons (Fsp3) is 0.0500. The summed E-state index contributed by atoms with van der Waals surface area (Å²) in [7, 11) is 1.62. The third kappa shape index (κ3) is 3.37. The average molecular weight is 414 g/mol. The van der Waals surface area contributed by atoms with Crippen LogP contribution >= 0.6 is 34.0 Å². The Morgan fingerprint density at radius 3 is 2.70 bits per heavy atom. The smallest absolute Gasteiger partial charge is 0.269 e. The van der Waals surface area contributed by atoms with E-state index < -0.39 is 0 Å². The fourth-order valence-electron chi connectivity index (χ4n) is 2.75. The molecule has 0 fully saturated rings. The predicted molar refractivity (Wildman–Crippen MR) is 113 cm³/mol. The number of fused-ring (bicyclic) bond motifs is 1. The van der Waals surface area contributed by atoms with Crippen molar-refractivity contribution in [1.82, 2.24) is 5.32 Å². The molecule has 4 aromatic rings. The molecule has 0 aliphatic rings. The molecule has 0 unspecified atom stereocenters. The van der Waals surface area contributed by atoms with Crippen LogP contribution < -0.4 is 10.1 Å². The van der Waals surface area contributed by atoms with E-state index in [1.165, 1.54) is 22.7 Å². The average Bonchev–Trinajstić information content (AvgIpc) is 3.42. The molecule has 136 valence electrons. The second kappa shape index (κ2) is 7.56. The van der Waals surface area contributed by atoms with Gasteiger partial charge in [-0.1, -0.05) is 24.3 Å². The van der Waals surface area contributed by atoms with Crippen molar-refractivity contribution in [3.8, 4) is 11.5 Å². The Kier molecular flexibility index (Phi) is 4.98. The Hall–Kier alpha value is -2.61. The number of rotatable bonds is 5. The number of methoxy groups -OCH3 is 1. The molecule has 3 aromatic heterocycles. The normalized spacial score (nSPS) is 11.7. The maximum atomic E-state index is 12.7. The third-order valence-electron chi connectivity index (χ3n) is 4.01. The van der Waals surface area contributed by atoms with E-state index in [9.17, 15) is 9.90 Å². The van der Waals surface area contributed by atoms with E-state index in [0.29, 0.717) is 4.88 Å². The highest BCUT2D eigenvalue weighted by molar-refractivity contribution is 7.28. The number of hydrogen-bond acceptors (Lipinski definition) is 6. The lowest BCUT2D eigenvalue weighted by atomic mass is 10.0. The first-order valence-corrected chi connectivity index (χ1v) is 10.6. The Labute approximate surface area is 168 Å². The lowest BCUT2D eigenvalue weighted by Crippen LogP contribution is -2.16. The molecule has 1 amide bonds. The van der Waals surface area contributed by atoms with Crippen LogP contribution in [0.15, 0.2) is 59.4 Å². The molecule has 0 atom stereocenters. The summed E-state index contributed by atoms with van der Waals surface area (Å²) in [5, 5.41) is 17.0. The molecule has 3 heterocycles. The van der Waals surface area contributed by atoms with Crippen molar-refractivity contribution in [1.29, 1.82) is 0 Å². The number of ether oxygens (including phenoxy) is 1. The number of hydrogen-bond donors (Lipinski definition) is 2. The molecule has 1 aromatic carbocycles. The van der Waals surface area contributed by atoms with Crippen LogP contribution in [0.1, 0.15) is 20.1 Å². The van der Waals surface area contributed by atoms with E-state index in [2.05, 4.69) is 5.32 Å². The van der Waals surface area contributed by atoms with Gasteiger partial charge in [0.25, 0.3) is 5.91 Å². The first kappa shape index (κ1) is 17.8. The second-order valence-corrected chi connectivity index (χ2v) is 8.52. The van der Waals surface area contributed by atoms with Crippen LogP contribution in [0.4, 0.5) is 0 Å². The fourth-order valence-corrected chi connectivity index (χ4v) is 5.56. The van der Waals surface area contributed by atoms with Gasteiger partial charge in [-0.25, -0.2) is 0 Å². The molecule has 27 heavy (non-hydrogen) atoms. The van der Waals surface area contributed by atoms with Gasteiger partial charge in [0, 0.05) is 26.9 Å². The van der Waals surface area contributed by atoms with Crippen molar-refractivity contribution in [3.05, 3.63) is 74.7 Å². The highest BCUT2D eigenvalue weighted by Crippen LogP contribution is 2.40. The van der Waals surface area contributed by atoms with E-state index >= 15 is 0 Å². The van der Waals surface area contributed by atoms with Gasteiger partial charge in [0.05, 0.1) is 11.8 Å². The zero-order valence-corrected chi connectivity index (χ0v) is 16.7. The molecular weight excluding hydrogens is 398 g/mol. The molecule has 0 bridgehead atoms. The number of amides is 1. The van der Waals surface area contributed by atoms with Crippen molar-refractivity contribution >= 4 is 54.9 Å². The Balaban J connectivity index is 1.70. The van der Waals surface area contributed by atoms with Crippen molar-refractivity contribution in [3.63, 3.8) is 0 Å². The number of carbonyl (C=O) groups excluding carboxylic acids is 1. The molecule has 0 aliphatic carbocycles. The molecule has 4 nitrogen and oxygen atoms in total. The van der Waals surface area contributed by atoms with E-state index in [1.54, 1.807) is 24.6 Å². The molecule has 2 N–H and O–H groups in total. The van der Waals surface area contributed by atoms with Gasteiger partial charge in [0.1, 0.15) is 10.6 Å². The first-order chi connectivity index (χ1) is 13.2. The minimum absolute atomic E-state index is 0.0471. The Bertz CT molecular complexity index is 1120. The molecular formula is C20H15NO3S3. The van der Waals surface area contributed by atoms with Crippen LogP contribution in [0.5, 0.6) is 11.5 Å². The Morgan fingerprint density at radius 1 is 1.11 bits per heavy atom. The summed E-state index contributed by atoms with van der Waals surface area (Å²) in [5.41, 5.74) is 1.74. The van der Waals surface area contributed by atoms with Crippen LogP contribution in [-0.2, 0) is 0 Å². The van der Waals surface area contributed by atoms with Crippen LogP contribution in [0.2, 0.25) is 0 Å². The van der Waals surface area contributed by atoms with Crippen molar-refractivity contribution in [2.45, 2.75) is 0 Å². The topological polar surface area (TPSA) is 58.6 Å². The van der Waals surface area contributed by atoms with E-state index in [1.807, 2.05) is 53.2 Å². The number of carbonyl (C=O) groups is 1. The number of nitrogens with one attached hydrogen (secondary N) is 1. The molecule has 0 radical (unpaired) electrons. The highest BCUT2D eigenvalue weighted by atomic mass is 32.1. The zero-order valence-electron chi connectivity index (χ0n) is 14.3. The number of para-hydroxylation sites is 1. The van der Waals surface area contributed by atoms with Crippen LogP contribution in [-0.4, -0.2) is 18.1 Å². The predicted octanol–water partition coefficient (Wildman–Crippen LogP) is 5.56. The van der Waals surface area contributed by atoms with Gasteiger partial charge in [-0.2, -0.15) is 0 Å². The summed E-state index contributed by atoms with van der Waals surface area (Å²) in [6.07, 6.45) is 1.68. The van der Waals surface area contributed by atoms with Crippen LogP contribution in [0, 0.1) is 0 Å². The monoisotopic (exact) mass is 413 g/mol. The lowest BCUT2D eigenvalue weighted by Gasteiger charge is -2.11. The van der Waals surface area contributed by atoms with E-state index in [0.717, 1.165) is 31.2 Å². The SMILES string of the molecule is COc1ccccc1C(=CNC(=O)c1sc2ccsc2c1O)c1cccs1. The van der Waals surface area contributed by atoms with Crippen molar-refractivity contribution < 1.29 is 14.6 Å².